The normalized spacial score (nSPS) is 19.5. The summed E-state index contributed by atoms with van der Waals surface area (Å²) in [6, 6.07) is 14.7. The highest BCUT2D eigenvalue weighted by atomic mass is 35.5. The third-order valence-electron chi connectivity index (χ3n) is 4.30. The summed E-state index contributed by atoms with van der Waals surface area (Å²) in [6.07, 6.45) is 0. The maximum atomic E-state index is 6.36. The molecule has 0 fully saturated rings. The summed E-state index contributed by atoms with van der Waals surface area (Å²) in [4.78, 5) is 2.39. The first-order chi connectivity index (χ1) is 10.1. The summed E-state index contributed by atoms with van der Waals surface area (Å²) in [5.74, 6) is 0. The zero-order chi connectivity index (χ0) is 15.0. The maximum absolute atomic E-state index is 6.36. The molecule has 2 atom stereocenters. The lowest BCUT2D eigenvalue weighted by Gasteiger charge is -2.30. The van der Waals surface area contributed by atoms with Crippen LogP contribution < -0.4 is 5.73 Å². The first kappa shape index (κ1) is 14.9. The van der Waals surface area contributed by atoms with E-state index in [-0.39, 0.29) is 12.1 Å². The van der Waals surface area contributed by atoms with Gasteiger partial charge in [0.15, 0.2) is 0 Å². The molecular weight excluding hydrogens is 303 g/mol. The van der Waals surface area contributed by atoms with Crippen molar-refractivity contribution in [3.63, 3.8) is 0 Å². The molecule has 2 N–H and O–H groups in total. The summed E-state index contributed by atoms with van der Waals surface area (Å²) >= 11 is 12.5. The van der Waals surface area contributed by atoms with E-state index in [0.29, 0.717) is 11.6 Å². The van der Waals surface area contributed by atoms with Crippen LogP contribution in [-0.2, 0) is 6.54 Å². The molecule has 1 aliphatic rings. The minimum absolute atomic E-state index is 0.159. The lowest BCUT2D eigenvalue weighted by atomic mass is 10.0. The highest BCUT2D eigenvalue weighted by Crippen LogP contribution is 2.43. The van der Waals surface area contributed by atoms with E-state index in [1.165, 1.54) is 5.56 Å². The number of nitrogens with zero attached hydrogens (tertiary/aromatic N) is 1. The zero-order valence-corrected chi connectivity index (χ0v) is 13.4. The van der Waals surface area contributed by atoms with Gasteiger partial charge in [0.25, 0.3) is 0 Å². The Labute approximate surface area is 135 Å². The van der Waals surface area contributed by atoms with Crippen molar-refractivity contribution in [3.05, 3.63) is 69.2 Å². The predicted octanol–water partition coefficient (Wildman–Crippen LogP) is 4.57. The molecule has 2 aromatic carbocycles. The van der Waals surface area contributed by atoms with E-state index < -0.39 is 0 Å². The van der Waals surface area contributed by atoms with Crippen LogP contribution in [0.1, 0.15) is 35.7 Å². The first-order valence-electron chi connectivity index (χ1n) is 7.10. The molecule has 1 heterocycles. The van der Waals surface area contributed by atoms with Gasteiger partial charge in [-0.15, -0.1) is 0 Å². The summed E-state index contributed by atoms with van der Waals surface area (Å²) < 4.78 is 0. The average Bonchev–Trinajstić information content (AvgIpc) is 2.86. The van der Waals surface area contributed by atoms with E-state index in [9.17, 15) is 0 Å². The van der Waals surface area contributed by atoms with Gasteiger partial charge in [0.2, 0.25) is 0 Å². The summed E-state index contributed by atoms with van der Waals surface area (Å²) in [5, 5.41) is 1.41. The van der Waals surface area contributed by atoms with Gasteiger partial charge in [0.1, 0.15) is 0 Å². The number of fused-ring (bicyclic) bond motifs is 1. The van der Waals surface area contributed by atoms with Gasteiger partial charge >= 0.3 is 0 Å². The predicted molar refractivity (Wildman–Crippen MR) is 88.7 cm³/mol. The number of hydrogen-bond donors (Lipinski definition) is 1. The van der Waals surface area contributed by atoms with E-state index >= 15 is 0 Å². The molecule has 0 radical (unpaired) electrons. The quantitative estimate of drug-likeness (QED) is 0.897. The Balaban J connectivity index is 1.97. The van der Waals surface area contributed by atoms with Crippen LogP contribution in [0.2, 0.25) is 10.0 Å². The molecule has 3 rings (SSSR count). The smallest absolute Gasteiger partial charge is 0.0484 e. The summed E-state index contributed by atoms with van der Waals surface area (Å²) in [7, 11) is 0. The van der Waals surface area contributed by atoms with Gasteiger partial charge in [0.05, 0.1) is 0 Å². The molecule has 0 bridgehead atoms. The molecule has 110 valence electrons. The number of nitrogens with two attached hydrogens (primary N) is 1. The molecule has 0 amide bonds. The Morgan fingerprint density at radius 2 is 1.95 bits per heavy atom. The van der Waals surface area contributed by atoms with Crippen molar-refractivity contribution in [2.45, 2.75) is 25.6 Å². The molecule has 2 unspecified atom stereocenters. The van der Waals surface area contributed by atoms with Gasteiger partial charge in [-0.1, -0.05) is 53.5 Å². The van der Waals surface area contributed by atoms with E-state index in [2.05, 4.69) is 36.1 Å². The molecule has 21 heavy (non-hydrogen) atoms. The topological polar surface area (TPSA) is 29.3 Å². The van der Waals surface area contributed by atoms with Crippen LogP contribution in [0.3, 0.4) is 0 Å². The highest BCUT2D eigenvalue weighted by Gasteiger charge is 2.34. The van der Waals surface area contributed by atoms with Gasteiger partial charge < -0.3 is 5.73 Å². The van der Waals surface area contributed by atoms with E-state index in [4.69, 9.17) is 28.9 Å². The van der Waals surface area contributed by atoms with Crippen molar-refractivity contribution in [2.24, 2.45) is 5.73 Å². The minimum atomic E-state index is 0.159. The molecule has 4 heteroatoms. The molecule has 0 aromatic heterocycles. The SMILES string of the molecule is CC(c1ccccc1)N1Cc2c(Cl)cc(Cl)cc2C1CN. The monoisotopic (exact) mass is 320 g/mol. The third kappa shape index (κ3) is 2.69. The zero-order valence-electron chi connectivity index (χ0n) is 11.9. The van der Waals surface area contributed by atoms with Crippen molar-refractivity contribution in [2.75, 3.05) is 6.54 Å². The van der Waals surface area contributed by atoms with Crippen molar-refractivity contribution >= 4 is 23.2 Å². The lowest BCUT2D eigenvalue weighted by molar-refractivity contribution is 0.161. The van der Waals surface area contributed by atoms with Crippen LogP contribution in [-0.4, -0.2) is 11.4 Å². The van der Waals surface area contributed by atoms with Crippen LogP contribution >= 0.6 is 23.2 Å². The average molecular weight is 321 g/mol. The van der Waals surface area contributed by atoms with Crippen LogP contribution in [0, 0.1) is 0 Å². The fraction of sp³-hybridized carbons (Fsp3) is 0.294. The number of hydrogen-bond acceptors (Lipinski definition) is 2. The molecule has 2 aromatic rings. The second-order valence-corrected chi connectivity index (χ2v) is 6.31. The number of halogens is 2. The summed E-state index contributed by atoms with van der Waals surface area (Å²) in [5.41, 5.74) is 9.63. The molecule has 0 saturated heterocycles. The largest absolute Gasteiger partial charge is 0.329 e. The second kappa shape index (κ2) is 5.98. The summed E-state index contributed by atoms with van der Waals surface area (Å²) in [6.45, 7) is 3.57. The van der Waals surface area contributed by atoms with Crippen molar-refractivity contribution < 1.29 is 0 Å². The van der Waals surface area contributed by atoms with Crippen molar-refractivity contribution in [3.8, 4) is 0 Å². The highest BCUT2D eigenvalue weighted by molar-refractivity contribution is 6.35. The first-order valence-corrected chi connectivity index (χ1v) is 7.86. The number of rotatable bonds is 3. The van der Waals surface area contributed by atoms with Crippen molar-refractivity contribution in [1.29, 1.82) is 0 Å². The minimum Gasteiger partial charge on any atom is -0.329 e. The lowest BCUT2D eigenvalue weighted by Crippen LogP contribution is -2.30. The Morgan fingerprint density at radius 3 is 2.62 bits per heavy atom. The Morgan fingerprint density at radius 1 is 1.24 bits per heavy atom. The fourth-order valence-electron chi connectivity index (χ4n) is 3.15. The molecule has 0 spiro atoms. The van der Waals surface area contributed by atoms with E-state index in [1.54, 1.807) is 0 Å². The van der Waals surface area contributed by atoms with Crippen LogP contribution in [0.25, 0.3) is 0 Å². The Bertz CT molecular complexity index is 643. The Kier molecular flexibility index (Phi) is 4.23. The van der Waals surface area contributed by atoms with Gasteiger partial charge in [-0.05, 0) is 35.7 Å². The third-order valence-corrected chi connectivity index (χ3v) is 4.85. The second-order valence-electron chi connectivity index (χ2n) is 5.47. The Hall–Kier alpha value is -1.06. The molecule has 2 nitrogen and oxygen atoms in total. The van der Waals surface area contributed by atoms with E-state index in [1.807, 2.05) is 18.2 Å². The number of benzene rings is 2. The molecule has 0 saturated carbocycles. The standard InChI is InChI=1S/C17H18Cl2N2/c1-11(12-5-3-2-4-6-12)21-10-15-14(17(21)9-20)7-13(18)8-16(15)19/h2-8,11,17H,9-10,20H2,1H3. The molecule has 1 aliphatic heterocycles. The van der Waals surface area contributed by atoms with Crippen molar-refractivity contribution in [1.82, 2.24) is 4.90 Å². The molecule has 0 aliphatic carbocycles. The van der Waals surface area contributed by atoms with Crippen LogP contribution in [0.4, 0.5) is 0 Å². The molecular formula is C17H18Cl2N2. The van der Waals surface area contributed by atoms with E-state index in [0.717, 1.165) is 22.7 Å². The fourth-order valence-corrected chi connectivity index (χ4v) is 3.72. The van der Waals surface area contributed by atoms with Gasteiger partial charge in [-0.2, -0.15) is 0 Å². The maximum Gasteiger partial charge on any atom is 0.0484 e. The van der Waals surface area contributed by atoms with Crippen LogP contribution in [0.5, 0.6) is 0 Å². The van der Waals surface area contributed by atoms with Gasteiger partial charge in [0, 0.05) is 35.2 Å². The van der Waals surface area contributed by atoms with Crippen LogP contribution in [0.15, 0.2) is 42.5 Å². The van der Waals surface area contributed by atoms with Gasteiger partial charge in [-0.25, -0.2) is 0 Å². The van der Waals surface area contributed by atoms with Gasteiger partial charge in [-0.3, -0.25) is 4.90 Å².